The number of rotatable bonds is 2. The molecule has 1 aromatic rings. The van der Waals surface area contributed by atoms with E-state index < -0.39 is 0 Å². The molecule has 1 N–H and O–H groups in total. The third kappa shape index (κ3) is 3.01. The molecule has 0 aliphatic rings. The van der Waals surface area contributed by atoms with Gasteiger partial charge in [0.05, 0.1) is 0 Å². The second-order valence-corrected chi connectivity index (χ2v) is 3.40. The minimum Gasteiger partial charge on any atom is -0.322 e. The predicted molar refractivity (Wildman–Crippen MR) is 57.0 cm³/mol. The molecule has 1 aromatic heterocycles. The molecule has 3 nitrogen and oxygen atoms in total. The average Bonchev–Trinajstić information content (AvgIpc) is 2.07. The van der Waals surface area contributed by atoms with Crippen LogP contribution >= 0.6 is 0 Å². The van der Waals surface area contributed by atoms with Gasteiger partial charge >= 0.3 is 0 Å². The van der Waals surface area contributed by atoms with Gasteiger partial charge in [-0.2, -0.15) is 0 Å². The zero-order chi connectivity index (χ0) is 10.6. The number of aryl methyl sites for hydroxylation is 1. The standard InChI is InChI=1S/C11H14N2O/c1-8(2)6-11(14)13-10-4-5-12-7-9(10)3/h4-7H,1-3H3,(H,12,13,14). The van der Waals surface area contributed by atoms with E-state index in [1.807, 2.05) is 20.8 Å². The second-order valence-electron chi connectivity index (χ2n) is 3.40. The summed E-state index contributed by atoms with van der Waals surface area (Å²) in [5.41, 5.74) is 2.75. The van der Waals surface area contributed by atoms with Gasteiger partial charge in [0.15, 0.2) is 0 Å². The van der Waals surface area contributed by atoms with Gasteiger partial charge in [0, 0.05) is 24.2 Å². The van der Waals surface area contributed by atoms with Gasteiger partial charge in [-0.1, -0.05) is 5.57 Å². The highest BCUT2D eigenvalue weighted by molar-refractivity contribution is 6.00. The molecule has 0 atom stereocenters. The average molecular weight is 190 g/mol. The number of amides is 1. The topological polar surface area (TPSA) is 42.0 Å². The Morgan fingerprint density at radius 2 is 2.21 bits per heavy atom. The summed E-state index contributed by atoms with van der Waals surface area (Å²) >= 11 is 0. The van der Waals surface area contributed by atoms with E-state index >= 15 is 0 Å². The van der Waals surface area contributed by atoms with Crippen molar-refractivity contribution in [3.8, 4) is 0 Å². The molecule has 0 saturated heterocycles. The minimum absolute atomic E-state index is 0.0979. The van der Waals surface area contributed by atoms with Crippen molar-refractivity contribution in [2.24, 2.45) is 0 Å². The highest BCUT2D eigenvalue weighted by Gasteiger charge is 2.00. The Bertz CT molecular complexity index is 365. The highest BCUT2D eigenvalue weighted by Crippen LogP contribution is 2.11. The Morgan fingerprint density at radius 3 is 2.79 bits per heavy atom. The van der Waals surface area contributed by atoms with Crippen LogP contribution in [0.3, 0.4) is 0 Å². The molecule has 0 saturated carbocycles. The number of nitrogens with one attached hydrogen (secondary N) is 1. The molecular weight excluding hydrogens is 176 g/mol. The van der Waals surface area contributed by atoms with Gasteiger partial charge in [-0.15, -0.1) is 0 Å². The van der Waals surface area contributed by atoms with Crippen LogP contribution < -0.4 is 5.32 Å². The first-order chi connectivity index (χ1) is 6.59. The van der Waals surface area contributed by atoms with Crippen LogP contribution in [0.25, 0.3) is 0 Å². The van der Waals surface area contributed by atoms with E-state index in [1.165, 1.54) is 0 Å². The zero-order valence-electron chi connectivity index (χ0n) is 8.66. The molecule has 3 heteroatoms. The van der Waals surface area contributed by atoms with Crippen LogP contribution in [0.2, 0.25) is 0 Å². The summed E-state index contributed by atoms with van der Waals surface area (Å²) in [6.07, 6.45) is 4.95. The largest absolute Gasteiger partial charge is 0.322 e. The van der Waals surface area contributed by atoms with Crippen molar-refractivity contribution < 1.29 is 4.79 Å². The van der Waals surface area contributed by atoms with E-state index in [0.29, 0.717) is 0 Å². The molecule has 0 unspecified atom stereocenters. The van der Waals surface area contributed by atoms with E-state index in [4.69, 9.17) is 0 Å². The monoisotopic (exact) mass is 190 g/mol. The van der Waals surface area contributed by atoms with Crippen LogP contribution in [0.1, 0.15) is 19.4 Å². The molecule has 0 aromatic carbocycles. The fourth-order valence-corrected chi connectivity index (χ4v) is 1.04. The smallest absolute Gasteiger partial charge is 0.248 e. The van der Waals surface area contributed by atoms with Crippen molar-refractivity contribution >= 4 is 11.6 Å². The number of allylic oxidation sites excluding steroid dienone is 1. The molecule has 0 fully saturated rings. The lowest BCUT2D eigenvalue weighted by molar-refractivity contribution is -0.111. The fourth-order valence-electron chi connectivity index (χ4n) is 1.04. The van der Waals surface area contributed by atoms with Crippen LogP contribution in [0.4, 0.5) is 5.69 Å². The van der Waals surface area contributed by atoms with Crippen LogP contribution in [-0.4, -0.2) is 10.9 Å². The van der Waals surface area contributed by atoms with Gasteiger partial charge in [0.2, 0.25) is 5.91 Å². The first-order valence-corrected chi connectivity index (χ1v) is 4.46. The number of pyridine rings is 1. The maximum atomic E-state index is 11.4. The number of nitrogens with zero attached hydrogens (tertiary/aromatic N) is 1. The number of hydrogen-bond donors (Lipinski definition) is 1. The quantitative estimate of drug-likeness (QED) is 0.727. The van der Waals surface area contributed by atoms with Crippen LogP contribution in [0.15, 0.2) is 30.1 Å². The fraction of sp³-hybridized carbons (Fsp3) is 0.273. The van der Waals surface area contributed by atoms with Crippen LogP contribution in [0, 0.1) is 6.92 Å². The Morgan fingerprint density at radius 1 is 1.50 bits per heavy atom. The molecule has 0 aliphatic heterocycles. The van der Waals surface area contributed by atoms with E-state index in [1.54, 1.807) is 24.5 Å². The summed E-state index contributed by atoms with van der Waals surface area (Å²) in [6, 6.07) is 1.78. The summed E-state index contributed by atoms with van der Waals surface area (Å²) < 4.78 is 0. The first-order valence-electron chi connectivity index (χ1n) is 4.46. The molecule has 1 amide bonds. The van der Waals surface area contributed by atoms with Gasteiger partial charge in [-0.25, -0.2) is 0 Å². The summed E-state index contributed by atoms with van der Waals surface area (Å²) in [5, 5.41) is 2.79. The molecule has 0 aliphatic carbocycles. The summed E-state index contributed by atoms with van der Waals surface area (Å²) in [4.78, 5) is 15.3. The lowest BCUT2D eigenvalue weighted by atomic mass is 10.2. The Hall–Kier alpha value is -1.64. The van der Waals surface area contributed by atoms with Crippen molar-refractivity contribution in [3.05, 3.63) is 35.7 Å². The Balaban J connectivity index is 2.75. The number of carbonyl (C=O) groups excluding carboxylic acids is 1. The summed E-state index contributed by atoms with van der Waals surface area (Å²) in [7, 11) is 0. The van der Waals surface area contributed by atoms with E-state index in [2.05, 4.69) is 10.3 Å². The maximum absolute atomic E-state index is 11.4. The number of anilines is 1. The van der Waals surface area contributed by atoms with Gasteiger partial charge in [0.1, 0.15) is 0 Å². The van der Waals surface area contributed by atoms with Crippen molar-refractivity contribution in [2.45, 2.75) is 20.8 Å². The highest BCUT2D eigenvalue weighted by atomic mass is 16.1. The van der Waals surface area contributed by atoms with Gasteiger partial charge in [-0.3, -0.25) is 9.78 Å². The number of hydrogen-bond acceptors (Lipinski definition) is 2. The lowest BCUT2D eigenvalue weighted by Gasteiger charge is -2.04. The molecular formula is C11H14N2O. The Kier molecular flexibility index (Phi) is 3.40. The van der Waals surface area contributed by atoms with E-state index in [9.17, 15) is 4.79 Å². The molecule has 0 radical (unpaired) electrons. The Labute approximate surface area is 83.9 Å². The van der Waals surface area contributed by atoms with Gasteiger partial charge in [0.25, 0.3) is 0 Å². The SMILES string of the molecule is CC(C)=CC(=O)Nc1ccncc1C. The number of aromatic nitrogens is 1. The third-order valence-corrected chi connectivity index (χ3v) is 1.70. The summed E-state index contributed by atoms with van der Waals surface area (Å²) in [5.74, 6) is -0.0979. The molecule has 74 valence electrons. The molecule has 0 bridgehead atoms. The molecule has 0 spiro atoms. The van der Waals surface area contributed by atoms with Crippen molar-refractivity contribution in [2.75, 3.05) is 5.32 Å². The van der Waals surface area contributed by atoms with Gasteiger partial charge in [-0.05, 0) is 32.4 Å². The normalized spacial score (nSPS) is 9.36. The van der Waals surface area contributed by atoms with Crippen molar-refractivity contribution in [1.82, 2.24) is 4.98 Å². The van der Waals surface area contributed by atoms with E-state index in [-0.39, 0.29) is 5.91 Å². The number of carbonyl (C=O) groups is 1. The first kappa shape index (κ1) is 10.4. The van der Waals surface area contributed by atoms with E-state index in [0.717, 1.165) is 16.8 Å². The minimum atomic E-state index is -0.0979. The van der Waals surface area contributed by atoms with Crippen LogP contribution in [-0.2, 0) is 4.79 Å². The molecule has 1 rings (SSSR count). The zero-order valence-corrected chi connectivity index (χ0v) is 8.66. The third-order valence-electron chi connectivity index (χ3n) is 1.70. The molecule has 1 heterocycles. The maximum Gasteiger partial charge on any atom is 0.248 e. The van der Waals surface area contributed by atoms with Crippen molar-refractivity contribution in [1.29, 1.82) is 0 Å². The lowest BCUT2D eigenvalue weighted by Crippen LogP contribution is -2.09. The van der Waals surface area contributed by atoms with Crippen LogP contribution in [0.5, 0.6) is 0 Å². The predicted octanol–water partition coefficient (Wildman–Crippen LogP) is 2.29. The molecule has 14 heavy (non-hydrogen) atoms. The second kappa shape index (κ2) is 4.56. The van der Waals surface area contributed by atoms with Gasteiger partial charge < -0.3 is 5.32 Å². The van der Waals surface area contributed by atoms with Crippen molar-refractivity contribution in [3.63, 3.8) is 0 Å². The summed E-state index contributed by atoms with van der Waals surface area (Å²) in [6.45, 7) is 5.68.